The Morgan fingerprint density at radius 3 is 2.40 bits per heavy atom. The van der Waals surface area contributed by atoms with Crippen LogP contribution in [0.15, 0.2) is 63.9 Å². The van der Waals surface area contributed by atoms with Crippen LogP contribution in [-0.4, -0.2) is 26.8 Å². The minimum absolute atomic E-state index is 0.0555. The Hall–Kier alpha value is -4.20. The molecule has 0 saturated carbocycles. The van der Waals surface area contributed by atoms with Crippen LogP contribution in [0.4, 0.5) is 5.82 Å². The molecule has 30 heavy (non-hydrogen) atoms. The van der Waals surface area contributed by atoms with Gasteiger partial charge in [0.25, 0.3) is 5.91 Å². The molecule has 0 atom stereocenters. The second kappa shape index (κ2) is 7.32. The summed E-state index contributed by atoms with van der Waals surface area (Å²) in [6, 6.07) is 13.8. The largest absolute Gasteiger partial charge is 0.477 e. The number of nitrogens with zero attached hydrogens (tertiary/aromatic N) is 2. The van der Waals surface area contributed by atoms with Crippen molar-refractivity contribution in [1.82, 2.24) is 9.78 Å². The zero-order chi connectivity index (χ0) is 21.4. The first-order chi connectivity index (χ1) is 14.3. The van der Waals surface area contributed by atoms with Crippen LogP contribution in [0.3, 0.4) is 0 Å². The number of hydrogen-bond donors (Lipinski definition) is 2. The Bertz CT molecular complexity index is 1350. The SMILES string of the molecule is Cc1ccc(-n2ncc(C(=O)O)c2NC(=O)c2cc3cc(C)ccc3oc2=O)cc1. The maximum atomic E-state index is 12.9. The number of aromatic nitrogens is 2. The first-order valence-electron chi connectivity index (χ1n) is 9.08. The number of hydrogen-bond acceptors (Lipinski definition) is 5. The fraction of sp³-hybridized carbons (Fsp3) is 0.0909. The van der Waals surface area contributed by atoms with Crippen LogP contribution in [0.1, 0.15) is 31.8 Å². The molecule has 8 nitrogen and oxygen atoms in total. The number of nitrogens with one attached hydrogen (secondary N) is 1. The summed E-state index contributed by atoms with van der Waals surface area (Å²) in [5.74, 6) is -2.10. The normalized spacial score (nSPS) is 10.9. The van der Waals surface area contributed by atoms with Gasteiger partial charge in [-0.3, -0.25) is 4.79 Å². The molecule has 0 aliphatic carbocycles. The number of fused-ring (bicyclic) bond motifs is 1. The molecule has 0 bridgehead atoms. The summed E-state index contributed by atoms with van der Waals surface area (Å²) in [5.41, 5.74) is 1.61. The molecule has 0 radical (unpaired) electrons. The predicted octanol–water partition coefficient (Wildman–Crippen LogP) is 3.55. The van der Waals surface area contributed by atoms with Gasteiger partial charge in [0, 0.05) is 5.39 Å². The van der Waals surface area contributed by atoms with Crippen molar-refractivity contribution < 1.29 is 19.1 Å². The number of carbonyl (C=O) groups is 2. The fourth-order valence-corrected chi connectivity index (χ4v) is 3.08. The Balaban J connectivity index is 1.78. The molecular formula is C22H17N3O5. The maximum Gasteiger partial charge on any atom is 0.349 e. The third-order valence-electron chi connectivity index (χ3n) is 4.64. The van der Waals surface area contributed by atoms with Gasteiger partial charge in [-0.15, -0.1) is 0 Å². The van der Waals surface area contributed by atoms with Gasteiger partial charge < -0.3 is 14.8 Å². The number of rotatable bonds is 4. The highest BCUT2D eigenvalue weighted by atomic mass is 16.4. The summed E-state index contributed by atoms with van der Waals surface area (Å²) in [4.78, 5) is 36.8. The number of anilines is 1. The Kier molecular flexibility index (Phi) is 4.67. The van der Waals surface area contributed by atoms with E-state index in [9.17, 15) is 19.5 Å². The van der Waals surface area contributed by atoms with E-state index in [1.165, 1.54) is 10.7 Å². The predicted molar refractivity (Wildman–Crippen MR) is 110 cm³/mol. The van der Waals surface area contributed by atoms with E-state index < -0.39 is 17.5 Å². The monoisotopic (exact) mass is 403 g/mol. The molecule has 4 aromatic rings. The van der Waals surface area contributed by atoms with Gasteiger partial charge in [-0.05, 0) is 44.2 Å². The van der Waals surface area contributed by atoms with E-state index in [0.717, 1.165) is 17.3 Å². The van der Waals surface area contributed by atoms with Gasteiger partial charge >= 0.3 is 11.6 Å². The van der Waals surface area contributed by atoms with Crippen LogP contribution in [-0.2, 0) is 0 Å². The van der Waals surface area contributed by atoms with Crippen LogP contribution in [0.2, 0.25) is 0 Å². The minimum atomic E-state index is -1.26. The highest BCUT2D eigenvalue weighted by Crippen LogP contribution is 2.22. The first-order valence-corrected chi connectivity index (χ1v) is 9.08. The lowest BCUT2D eigenvalue weighted by Crippen LogP contribution is -2.23. The highest BCUT2D eigenvalue weighted by molar-refractivity contribution is 6.08. The van der Waals surface area contributed by atoms with E-state index in [1.807, 2.05) is 26.0 Å². The summed E-state index contributed by atoms with van der Waals surface area (Å²) in [6.45, 7) is 3.79. The Morgan fingerprint density at radius 2 is 1.70 bits per heavy atom. The van der Waals surface area contributed by atoms with E-state index in [2.05, 4.69) is 10.4 Å². The average molecular weight is 403 g/mol. The highest BCUT2D eigenvalue weighted by Gasteiger charge is 2.22. The van der Waals surface area contributed by atoms with Crippen molar-refractivity contribution in [3.8, 4) is 5.69 Å². The molecule has 8 heteroatoms. The third-order valence-corrected chi connectivity index (χ3v) is 4.64. The Labute approximate surface area is 170 Å². The van der Waals surface area contributed by atoms with Gasteiger partial charge in [0.15, 0.2) is 5.82 Å². The van der Waals surface area contributed by atoms with Crippen molar-refractivity contribution in [2.75, 3.05) is 5.32 Å². The summed E-state index contributed by atoms with van der Waals surface area (Å²) in [7, 11) is 0. The zero-order valence-corrected chi connectivity index (χ0v) is 16.2. The van der Waals surface area contributed by atoms with Crippen molar-refractivity contribution >= 4 is 28.7 Å². The minimum Gasteiger partial charge on any atom is -0.477 e. The molecule has 2 aromatic carbocycles. The topological polar surface area (TPSA) is 114 Å². The van der Waals surface area contributed by atoms with Gasteiger partial charge in [-0.1, -0.05) is 29.3 Å². The molecule has 0 aliphatic heterocycles. The third kappa shape index (κ3) is 3.46. The van der Waals surface area contributed by atoms with E-state index in [-0.39, 0.29) is 16.9 Å². The second-order valence-corrected chi connectivity index (χ2v) is 6.90. The smallest absolute Gasteiger partial charge is 0.349 e. The number of carboxylic acids is 1. The number of carbonyl (C=O) groups excluding carboxylic acids is 1. The number of benzene rings is 2. The van der Waals surface area contributed by atoms with Crippen molar-refractivity contribution in [1.29, 1.82) is 0 Å². The number of carboxylic acid groups (broad SMARTS) is 1. The van der Waals surface area contributed by atoms with Crippen molar-refractivity contribution in [3.05, 3.63) is 87.4 Å². The molecule has 2 N–H and O–H groups in total. The summed E-state index contributed by atoms with van der Waals surface area (Å²) in [6.07, 6.45) is 1.14. The van der Waals surface area contributed by atoms with E-state index in [1.54, 1.807) is 30.3 Å². The Morgan fingerprint density at radius 1 is 1.00 bits per heavy atom. The maximum absolute atomic E-state index is 12.9. The van der Waals surface area contributed by atoms with E-state index in [4.69, 9.17) is 4.42 Å². The molecular weight excluding hydrogens is 386 g/mol. The standard InChI is InChI=1S/C22H17N3O5/c1-12-3-6-15(7-4-12)25-19(17(11-23-25)21(27)28)24-20(26)16-10-14-9-13(2)5-8-18(14)30-22(16)29/h3-11H,1-2H3,(H,24,26)(H,27,28). The van der Waals surface area contributed by atoms with Crippen molar-refractivity contribution in [2.24, 2.45) is 0 Å². The van der Waals surface area contributed by atoms with Crippen LogP contribution in [0, 0.1) is 13.8 Å². The summed E-state index contributed by atoms with van der Waals surface area (Å²) < 4.78 is 6.54. The summed E-state index contributed by atoms with van der Waals surface area (Å²) in [5, 5.41) is 16.7. The van der Waals surface area contributed by atoms with Gasteiger partial charge in [-0.2, -0.15) is 5.10 Å². The molecule has 0 unspecified atom stereocenters. The summed E-state index contributed by atoms with van der Waals surface area (Å²) >= 11 is 0. The number of aromatic carboxylic acids is 1. The lowest BCUT2D eigenvalue weighted by molar-refractivity contribution is 0.0698. The van der Waals surface area contributed by atoms with Gasteiger partial charge in [-0.25, -0.2) is 14.3 Å². The van der Waals surface area contributed by atoms with Crippen molar-refractivity contribution in [2.45, 2.75) is 13.8 Å². The molecule has 2 heterocycles. The fourth-order valence-electron chi connectivity index (χ4n) is 3.08. The molecule has 0 aliphatic rings. The average Bonchev–Trinajstić information content (AvgIpc) is 3.12. The van der Waals surface area contributed by atoms with Crippen LogP contribution in [0.25, 0.3) is 16.7 Å². The number of aryl methyl sites for hydroxylation is 2. The lowest BCUT2D eigenvalue weighted by atomic mass is 10.1. The van der Waals surface area contributed by atoms with Crippen LogP contribution < -0.4 is 10.9 Å². The molecule has 4 rings (SSSR count). The van der Waals surface area contributed by atoms with E-state index >= 15 is 0 Å². The van der Waals surface area contributed by atoms with Gasteiger partial charge in [0.05, 0.1) is 11.9 Å². The van der Waals surface area contributed by atoms with Crippen molar-refractivity contribution in [3.63, 3.8) is 0 Å². The van der Waals surface area contributed by atoms with Crippen LogP contribution in [0.5, 0.6) is 0 Å². The zero-order valence-electron chi connectivity index (χ0n) is 16.2. The quantitative estimate of drug-likeness (QED) is 0.504. The first kappa shape index (κ1) is 19.1. The van der Waals surface area contributed by atoms with Gasteiger partial charge in [0.2, 0.25) is 0 Å². The molecule has 150 valence electrons. The van der Waals surface area contributed by atoms with E-state index in [0.29, 0.717) is 16.7 Å². The lowest BCUT2D eigenvalue weighted by Gasteiger charge is -2.10. The second-order valence-electron chi connectivity index (χ2n) is 6.90. The molecule has 2 aromatic heterocycles. The molecule has 0 saturated heterocycles. The molecule has 1 amide bonds. The van der Waals surface area contributed by atoms with Gasteiger partial charge in [0.1, 0.15) is 16.7 Å². The molecule has 0 fully saturated rings. The number of amides is 1. The van der Waals surface area contributed by atoms with Crippen LogP contribution >= 0.6 is 0 Å². The molecule has 0 spiro atoms.